The zero-order valence-corrected chi connectivity index (χ0v) is 15.4. The number of aliphatic carboxylic acids is 1. The summed E-state index contributed by atoms with van der Waals surface area (Å²) in [7, 11) is 0. The average molecular weight is 409 g/mol. The maximum Gasteiger partial charge on any atom is 0.412 e. The van der Waals surface area contributed by atoms with Crippen molar-refractivity contribution in [2.45, 2.75) is 13.0 Å². The van der Waals surface area contributed by atoms with Crippen LogP contribution in [-0.4, -0.2) is 40.6 Å². The molecule has 0 radical (unpaired) electrons. The molecule has 28 heavy (non-hydrogen) atoms. The molecule has 2 aromatic carbocycles. The van der Waals surface area contributed by atoms with E-state index in [1.54, 1.807) is 24.3 Å². The first-order chi connectivity index (χ1) is 12.8. The van der Waals surface area contributed by atoms with Gasteiger partial charge in [-0.15, -0.1) is 12.4 Å². The predicted molar refractivity (Wildman–Crippen MR) is 102 cm³/mol. The second-order valence-corrected chi connectivity index (χ2v) is 5.85. The van der Waals surface area contributed by atoms with Gasteiger partial charge in [-0.1, -0.05) is 24.3 Å². The standard InChI is InChI=1S/C18H16N2O7.ClH/c1-8(21)13-6-11-15(27-18(25)20-7-12(19)17(23)24)10-5-3-2-4-9(10)14(22)16(11)26-13;/h2-6,12,22H,7,19H2,1H3,(H,20,25)(H,23,24);1H. The average Bonchev–Trinajstić information content (AvgIpc) is 3.09. The van der Waals surface area contributed by atoms with Gasteiger partial charge in [0.1, 0.15) is 6.04 Å². The summed E-state index contributed by atoms with van der Waals surface area (Å²) >= 11 is 0. The number of halogens is 1. The lowest BCUT2D eigenvalue weighted by Crippen LogP contribution is -2.43. The minimum atomic E-state index is -1.28. The number of aromatic hydroxyl groups is 1. The van der Waals surface area contributed by atoms with Crippen LogP contribution >= 0.6 is 12.4 Å². The van der Waals surface area contributed by atoms with Crippen molar-refractivity contribution in [3.05, 3.63) is 36.1 Å². The van der Waals surface area contributed by atoms with Gasteiger partial charge in [-0.2, -0.15) is 0 Å². The van der Waals surface area contributed by atoms with Gasteiger partial charge < -0.3 is 30.4 Å². The molecule has 0 saturated carbocycles. The number of nitrogens with two attached hydrogens (primary N) is 1. The molecule has 1 aromatic heterocycles. The Morgan fingerprint density at radius 2 is 1.86 bits per heavy atom. The number of carbonyl (C=O) groups is 3. The highest BCUT2D eigenvalue weighted by Crippen LogP contribution is 2.43. The van der Waals surface area contributed by atoms with E-state index in [9.17, 15) is 19.5 Å². The molecule has 3 aromatic rings. The molecule has 9 nitrogen and oxygen atoms in total. The zero-order valence-electron chi connectivity index (χ0n) is 14.6. The van der Waals surface area contributed by atoms with Crippen LogP contribution in [0.15, 0.2) is 34.7 Å². The molecule has 0 aliphatic heterocycles. The van der Waals surface area contributed by atoms with Gasteiger partial charge in [0, 0.05) is 24.2 Å². The van der Waals surface area contributed by atoms with Crippen LogP contribution in [0, 0.1) is 0 Å². The molecule has 5 N–H and O–H groups in total. The summed E-state index contributed by atoms with van der Waals surface area (Å²) in [6.45, 7) is 0.965. The maximum atomic E-state index is 12.1. The molecular weight excluding hydrogens is 392 g/mol. The van der Waals surface area contributed by atoms with Crippen molar-refractivity contribution >= 4 is 52.0 Å². The lowest BCUT2D eigenvalue weighted by Gasteiger charge is -2.12. The van der Waals surface area contributed by atoms with Crippen LogP contribution in [0.1, 0.15) is 17.5 Å². The van der Waals surface area contributed by atoms with Gasteiger partial charge in [-0.05, 0) is 6.07 Å². The maximum absolute atomic E-state index is 12.1. The van der Waals surface area contributed by atoms with Crippen molar-refractivity contribution < 1.29 is 33.8 Å². The first-order valence-electron chi connectivity index (χ1n) is 7.91. The number of ether oxygens (including phenoxy) is 1. The largest absolute Gasteiger partial charge is 0.504 e. The van der Waals surface area contributed by atoms with Crippen LogP contribution in [0.3, 0.4) is 0 Å². The molecule has 0 fully saturated rings. The van der Waals surface area contributed by atoms with Crippen LogP contribution in [0.5, 0.6) is 11.5 Å². The number of ketones is 1. The number of Topliss-reactive ketones (excluding diaryl/α,β-unsaturated/α-hetero) is 1. The summed E-state index contributed by atoms with van der Waals surface area (Å²) in [6, 6.07) is 6.68. The number of fused-ring (bicyclic) bond motifs is 2. The Bertz CT molecular complexity index is 1080. The number of carboxylic acids is 1. The summed E-state index contributed by atoms with van der Waals surface area (Å²) < 4.78 is 10.7. The van der Waals surface area contributed by atoms with Crippen molar-refractivity contribution in [1.82, 2.24) is 5.32 Å². The number of phenols is 1. The highest BCUT2D eigenvalue weighted by atomic mass is 35.5. The number of carboxylic acid groups (broad SMARTS) is 1. The van der Waals surface area contributed by atoms with E-state index in [0.29, 0.717) is 10.8 Å². The molecule has 148 valence electrons. The fraction of sp³-hybridized carbons (Fsp3) is 0.167. The number of furan rings is 1. The van der Waals surface area contributed by atoms with E-state index in [1.165, 1.54) is 13.0 Å². The molecule has 0 spiro atoms. The van der Waals surface area contributed by atoms with Gasteiger partial charge in [-0.25, -0.2) is 4.79 Å². The van der Waals surface area contributed by atoms with Gasteiger partial charge in [-0.3, -0.25) is 9.59 Å². The van der Waals surface area contributed by atoms with Crippen LogP contribution in [0.4, 0.5) is 4.79 Å². The Kier molecular flexibility index (Phi) is 6.12. The first-order valence-corrected chi connectivity index (χ1v) is 7.91. The van der Waals surface area contributed by atoms with Gasteiger partial charge in [0.15, 0.2) is 28.6 Å². The summed E-state index contributed by atoms with van der Waals surface area (Å²) in [5.41, 5.74) is 5.34. The third-order valence-electron chi connectivity index (χ3n) is 3.94. The van der Waals surface area contributed by atoms with Crippen molar-refractivity contribution in [3.8, 4) is 11.5 Å². The summed E-state index contributed by atoms with van der Waals surface area (Å²) in [5.74, 6) is -1.76. The van der Waals surface area contributed by atoms with E-state index >= 15 is 0 Å². The summed E-state index contributed by atoms with van der Waals surface area (Å²) in [4.78, 5) is 34.5. The van der Waals surface area contributed by atoms with E-state index in [0.717, 1.165) is 0 Å². The topological polar surface area (TPSA) is 152 Å². The van der Waals surface area contributed by atoms with Crippen molar-refractivity contribution in [3.63, 3.8) is 0 Å². The Hall–Kier alpha value is -3.30. The third-order valence-corrected chi connectivity index (χ3v) is 3.94. The van der Waals surface area contributed by atoms with Gasteiger partial charge in [0.25, 0.3) is 0 Å². The number of hydrogen-bond donors (Lipinski definition) is 4. The fourth-order valence-corrected chi connectivity index (χ4v) is 2.58. The SMILES string of the molecule is CC(=O)c1cc2c(OC(=O)NCC(N)C(=O)O)c3ccccc3c(O)c2o1.Cl. The number of amides is 1. The number of rotatable bonds is 5. The van der Waals surface area contributed by atoms with E-state index < -0.39 is 18.1 Å². The summed E-state index contributed by atoms with van der Waals surface area (Å²) in [6.07, 6.45) is -0.936. The van der Waals surface area contributed by atoms with E-state index in [4.69, 9.17) is 20.0 Å². The second-order valence-electron chi connectivity index (χ2n) is 5.85. The van der Waals surface area contributed by atoms with Crippen molar-refractivity contribution in [2.75, 3.05) is 6.54 Å². The van der Waals surface area contributed by atoms with Crippen molar-refractivity contribution in [2.24, 2.45) is 5.73 Å². The lowest BCUT2D eigenvalue weighted by molar-refractivity contribution is -0.138. The number of hydrogen-bond acceptors (Lipinski definition) is 7. The Labute approximate surface area is 164 Å². The van der Waals surface area contributed by atoms with Crippen LogP contribution in [0.2, 0.25) is 0 Å². The third kappa shape index (κ3) is 3.85. The molecule has 1 atom stereocenters. The molecule has 0 aliphatic carbocycles. The fourth-order valence-electron chi connectivity index (χ4n) is 2.58. The quantitative estimate of drug-likeness (QED) is 0.469. The van der Waals surface area contributed by atoms with Gasteiger partial charge in [0.2, 0.25) is 0 Å². The summed E-state index contributed by atoms with van der Waals surface area (Å²) in [5, 5.41) is 22.5. The van der Waals surface area contributed by atoms with Gasteiger partial charge in [0.05, 0.1) is 5.39 Å². The predicted octanol–water partition coefficient (Wildman–Crippen LogP) is 2.42. The Morgan fingerprint density at radius 1 is 1.21 bits per heavy atom. The van der Waals surface area contributed by atoms with Crippen LogP contribution in [0.25, 0.3) is 21.7 Å². The normalized spacial score (nSPS) is 11.6. The van der Waals surface area contributed by atoms with Gasteiger partial charge >= 0.3 is 12.1 Å². The smallest absolute Gasteiger partial charge is 0.412 e. The lowest BCUT2D eigenvalue weighted by atomic mass is 10.1. The number of carbonyl (C=O) groups excluding carboxylic acids is 2. The molecule has 10 heteroatoms. The molecule has 0 saturated heterocycles. The Balaban J connectivity index is 0.00000280. The molecule has 1 amide bonds. The molecular formula is C18H17ClN2O7. The number of benzene rings is 2. The second kappa shape index (κ2) is 8.15. The molecule has 1 heterocycles. The number of phenolic OH excluding ortho intramolecular Hbond substituents is 1. The molecule has 1 unspecified atom stereocenters. The van der Waals surface area contributed by atoms with E-state index in [-0.39, 0.29) is 53.0 Å². The van der Waals surface area contributed by atoms with E-state index in [2.05, 4.69) is 5.32 Å². The zero-order chi connectivity index (χ0) is 19.7. The number of nitrogens with one attached hydrogen (secondary N) is 1. The highest BCUT2D eigenvalue weighted by Gasteiger charge is 2.22. The van der Waals surface area contributed by atoms with Crippen molar-refractivity contribution in [1.29, 1.82) is 0 Å². The molecule has 0 aliphatic rings. The van der Waals surface area contributed by atoms with Crippen LogP contribution in [-0.2, 0) is 4.79 Å². The molecule has 0 bridgehead atoms. The highest BCUT2D eigenvalue weighted by molar-refractivity contribution is 6.11. The Morgan fingerprint density at radius 3 is 2.46 bits per heavy atom. The molecule has 3 rings (SSSR count). The monoisotopic (exact) mass is 408 g/mol. The first kappa shape index (κ1) is 21.0. The minimum absolute atomic E-state index is 0. The minimum Gasteiger partial charge on any atom is -0.504 e. The van der Waals surface area contributed by atoms with E-state index in [1.807, 2.05) is 0 Å². The van der Waals surface area contributed by atoms with Crippen LogP contribution < -0.4 is 15.8 Å².